The Morgan fingerprint density at radius 2 is 1.66 bits per heavy atom. The molecule has 0 aromatic heterocycles. The molecular weight excluding hydrogens is 510 g/mol. The summed E-state index contributed by atoms with van der Waals surface area (Å²) in [6.07, 6.45) is 0.707. The van der Waals surface area contributed by atoms with Gasteiger partial charge in [0.1, 0.15) is 5.70 Å². The molecule has 0 amide bonds. The zero-order chi connectivity index (χ0) is 26.6. The fraction of sp³-hybridized carbons (Fsp3) is 0.158. The number of methoxy groups -OCH3 is 2. The van der Waals surface area contributed by atoms with E-state index in [0.29, 0.717) is 6.08 Å². The molecule has 0 spiro atoms. The number of ether oxygens (including phenoxy) is 2. The lowest BCUT2D eigenvalue weighted by molar-refractivity contribution is -0.385. The number of nitro benzene ring substituents is 1. The van der Waals surface area contributed by atoms with Gasteiger partial charge in [-0.2, -0.15) is 8.42 Å². The van der Waals surface area contributed by atoms with Gasteiger partial charge < -0.3 is 14.8 Å². The van der Waals surface area contributed by atoms with Crippen molar-refractivity contribution in [3.05, 3.63) is 63.8 Å². The predicted octanol–water partition coefficient (Wildman–Crippen LogP) is 1.59. The van der Waals surface area contributed by atoms with Gasteiger partial charge in [-0.05, 0) is 30.7 Å². The van der Waals surface area contributed by atoms with Gasteiger partial charge in [-0.3, -0.25) is 19.4 Å². The Morgan fingerprint density at radius 1 is 1.03 bits per heavy atom. The fourth-order valence-electron chi connectivity index (χ4n) is 2.62. The maximum Gasteiger partial charge on any atom is 0.354 e. The SMILES string of the molecule is COC(=O)/C=C(/Nc1cc(S(=O)(=O)O)cc(NS(=O)(=O)c2cccc([N+](=O)[O-])c2)c1C)C(=O)OC. The van der Waals surface area contributed by atoms with Crippen molar-refractivity contribution in [1.82, 2.24) is 0 Å². The van der Waals surface area contributed by atoms with E-state index in [1.54, 1.807) is 0 Å². The van der Waals surface area contributed by atoms with Crippen LogP contribution in [0.15, 0.2) is 58.0 Å². The largest absolute Gasteiger partial charge is 0.466 e. The minimum Gasteiger partial charge on any atom is -0.466 e. The Hall–Kier alpha value is -4.02. The van der Waals surface area contributed by atoms with E-state index in [9.17, 15) is 41.1 Å². The van der Waals surface area contributed by atoms with Crippen LogP contribution in [0.5, 0.6) is 0 Å². The second kappa shape index (κ2) is 10.5. The summed E-state index contributed by atoms with van der Waals surface area (Å²) in [4.78, 5) is 32.6. The smallest absolute Gasteiger partial charge is 0.354 e. The van der Waals surface area contributed by atoms with Gasteiger partial charge in [-0.1, -0.05) is 6.07 Å². The Bertz CT molecular complexity index is 1430. The molecular formula is C19H19N3O11S2. The number of sulfonamides is 1. The Labute approximate surface area is 199 Å². The van der Waals surface area contributed by atoms with Crippen LogP contribution in [-0.2, 0) is 39.2 Å². The molecule has 14 nitrogen and oxygen atoms in total. The third-order valence-corrected chi connectivity index (χ3v) is 6.59. The monoisotopic (exact) mass is 529 g/mol. The Kier molecular flexibility index (Phi) is 8.16. The molecule has 0 unspecified atom stereocenters. The molecule has 2 rings (SSSR count). The minimum absolute atomic E-state index is 0.0195. The highest BCUT2D eigenvalue weighted by Crippen LogP contribution is 2.31. The molecule has 35 heavy (non-hydrogen) atoms. The second-order valence-electron chi connectivity index (χ2n) is 6.68. The first kappa shape index (κ1) is 27.2. The van der Waals surface area contributed by atoms with Gasteiger partial charge in [0.05, 0.1) is 40.7 Å². The summed E-state index contributed by atoms with van der Waals surface area (Å²) in [5.74, 6) is -2.01. The zero-order valence-corrected chi connectivity index (χ0v) is 20.0. The van der Waals surface area contributed by atoms with Crippen molar-refractivity contribution in [1.29, 1.82) is 0 Å². The van der Waals surface area contributed by atoms with Gasteiger partial charge in [0.25, 0.3) is 25.8 Å². The van der Waals surface area contributed by atoms with E-state index >= 15 is 0 Å². The van der Waals surface area contributed by atoms with E-state index < -0.39 is 58.2 Å². The van der Waals surface area contributed by atoms with Gasteiger partial charge in [0.2, 0.25) is 0 Å². The van der Waals surface area contributed by atoms with Gasteiger partial charge >= 0.3 is 11.9 Å². The maximum atomic E-state index is 12.8. The molecule has 0 atom stereocenters. The number of benzene rings is 2. The lowest BCUT2D eigenvalue weighted by Gasteiger charge is -2.17. The van der Waals surface area contributed by atoms with Crippen LogP contribution in [0.2, 0.25) is 0 Å². The maximum absolute atomic E-state index is 12.8. The third-order valence-electron chi connectivity index (χ3n) is 4.40. The molecule has 0 fully saturated rings. The van der Waals surface area contributed by atoms with Crippen molar-refractivity contribution >= 4 is 49.1 Å². The number of nitro groups is 1. The number of non-ortho nitro benzene ring substituents is 1. The quantitative estimate of drug-likeness (QED) is 0.139. The average molecular weight is 530 g/mol. The van der Waals surface area contributed by atoms with Crippen molar-refractivity contribution < 1.29 is 45.4 Å². The molecule has 3 N–H and O–H groups in total. The van der Waals surface area contributed by atoms with Crippen molar-refractivity contribution in [3.8, 4) is 0 Å². The molecule has 0 heterocycles. The number of hydrogen-bond donors (Lipinski definition) is 3. The van der Waals surface area contributed by atoms with Crippen LogP contribution in [-0.4, -0.2) is 52.5 Å². The Balaban J connectivity index is 2.65. The average Bonchev–Trinajstić information content (AvgIpc) is 2.79. The summed E-state index contributed by atoms with van der Waals surface area (Å²) in [5, 5.41) is 13.4. The van der Waals surface area contributed by atoms with Gasteiger partial charge in [-0.25, -0.2) is 18.0 Å². The number of carbonyl (C=O) groups excluding carboxylic acids is 2. The van der Waals surface area contributed by atoms with Crippen molar-refractivity contribution in [2.24, 2.45) is 0 Å². The predicted molar refractivity (Wildman–Crippen MR) is 121 cm³/mol. The normalized spacial score (nSPS) is 11.9. The summed E-state index contributed by atoms with van der Waals surface area (Å²) < 4.78 is 69.9. The molecule has 16 heteroatoms. The van der Waals surface area contributed by atoms with Crippen LogP contribution in [0.1, 0.15) is 5.56 Å². The summed E-state index contributed by atoms with van der Waals surface area (Å²) >= 11 is 0. The zero-order valence-electron chi connectivity index (χ0n) is 18.3. The Morgan fingerprint density at radius 3 is 2.20 bits per heavy atom. The molecule has 0 saturated carbocycles. The molecule has 2 aromatic carbocycles. The van der Waals surface area contributed by atoms with Crippen molar-refractivity contribution in [2.45, 2.75) is 16.7 Å². The van der Waals surface area contributed by atoms with Crippen LogP contribution >= 0.6 is 0 Å². The summed E-state index contributed by atoms with van der Waals surface area (Å²) in [6.45, 7) is 1.33. The molecule has 0 bridgehead atoms. The van der Waals surface area contributed by atoms with Crippen molar-refractivity contribution in [2.75, 3.05) is 24.3 Å². The molecule has 0 saturated heterocycles. The number of rotatable bonds is 9. The summed E-state index contributed by atoms with van der Waals surface area (Å²) in [7, 11) is -7.32. The van der Waals surface area contributed by atoms with Crippen LogP contribution < -0.4 is 10.0 Å². The van der Waals surface area contributed by atoms with E-state index in [2.05, 4.69) is 19.5 Å². The summed E-state index contributed by atoms with van der Waals surface area (Å²) in [6, 6.07) is 5.76. The fourth-order valence-corrected chi connectivity index (χ4v) is 4.30. The van der Waals surface area contributed by atoms with Crippen LogP contribution in [0, 0.1) is 17.0 Å². The number of carbonyl (C=O) groups is 2. The topological polar surface area (TPSA) is 208 Å². The molecule has 0 aliphatic rings. The number of esters is 2. The van der Waals surface area contributed by atoms with E-state index in [1.807, 2.05) is 0 Å². The van der Waals surface area contributed by atoms with Gasteiger partial charge in [0.15, 0.2) is 0 Å². The van der Waals surface area contributed by atoms with Crippen LogP contribution in [0.4, 0.5) is 17.1 Å². The minimum atomic E-state index is -4.88. The molecule has 2 aromatic rings. The van der Waals surface area contributed by atoms with Crippen LogP contribution in [0.3, 0.4) is 0 Å². The molecule has 0 radical (unpaired) electrons. The lowest BCUT2D eigenvalue weighted by Crippen LogP contribution is -2.18. The van der Waals surface area contributed by atoms with Crippen LogP contribution in [0.25, 0.3) is 0 Å². The lowest BCUT2D eigenvalue weighted by atomic mass is 10.1. The molecule has 0 aliphatic carbocycles. The molecule has 0 aliphatic heterocycles. The molecule has 188 valence electrons. The van der Waals surface area contributed by atoms with Gasteiger partial charge in [0, 0.05) is 17.8 Å². The van der Waals surface area contributed by atoms with E-state index in [-0.39, 0.29) is 16.9 Å². The number of anilines is 2. The van der Waals surface area contributed by atoms with E-state index in [1.165, 1.54) is 6.92 Å². The first-order valence-corrected chi connectivity index (χ1v) is 12.2. The van der Waals surface area contributed by atoms with E-state index in [0.717, 1.165) is 50.6 Å². The second-order valence-corrected chi connectivity index (χ2v) is 9.78. The first-order valence-electron chi connectivity index (χ1n) is 9.24. The van der Waals surface area contributed by atoms with Crippen molar-refractivity contribution in [3.63, 3.8) is 0 Å². The first-order chi connectivity index (χ1) is 16.2. The highest BCUT2D eigenvalue weighted by atomic mass is 32.2. The number of nitrogens with zero attached hydrogens (tertiary/aromatic N) is 1. The standard InChI is InChI=1S/C19H19N3O11S2/c1-11-15(20-17(19(24)33-3)10-18(23)32-2)8-14(35(29,30)31)9-16(11)21-34(27,28)13-6-4-5-12(7-13)22(25)26/h4-10,20-21H,1-3H3,(H,29,30,31)/b17-10+. The highest BCUT2D eigenvalue weighted by Gasteiger charge is 2.23. The van der Waals surface area contributed by atoms with E-state index in [4.69, 9.17) is 0 Å². The van der Waals surface area contributed by atoms with Gasteiger partial charge in [-0.15, -0.1) is 0 Å². The third kappa shape index (κ3) is 6.75. The number of nitrogens with one attached hydrogen (secondary N) is 2. The summed E-state index contributed by atoms with van der Waals surface area (Å²) in [5.41, 5.74) is -1.56. The highest BCUT2D eigenvalue weighted by molar-refractivity contribution is 7.92. The number of hydrogen-bond acceptors (Lipinski definition) is 11.